The van der Waals surface area contributed by atoms with Gasteiger partial charge in [0.15, 0.2) is 11.5 Å². The SMILES string of the molecule is CCO[Si](CCCCCCCCc1ccc(C(=O)Oc2ccc(/C=C/C(=O)OC)cc2OC)cc1)(OCC)OCC. The number of carbonyl (C=O) groups excluding carboxylic acids is 2. The Morgan fingerprint density at radius 3 is 1.95 bits per heavy atom. The third-order valence-electron chi connectivity index (χ3n) is 6.48. The van der Waals surface area contributed by atoms with Gasteiger partial charge in [-0.2, -0.15) is 0 Å². The van der Waals surface area contributed by atoms with Crippen molar-refractivity contribution in [2.75, 3.05) is 34.0 Å². The monoisotopic (exact) mass is 586 g/mol. The van der Waals surface area contributed by atoms with Gasteiger partial charge >= 0.3 is 20.7 Å². The summed E-state index contributed by atoms with van der Waals surface area (Å²) in [6.07, 6.45) is 10.7. The molecule has 2 aromatic carbocycles. The van der Waals surface area contributed by atoms with Gasteiger partial charge in [-0.05, 0) is 81.5 Å². The summed E-state index contributed by atoms with van der Waals surface area (Å²) < 4.78 is 33.3. The van der Waals surface area contributed by atoms with Crippen LogP contribution in [-0.2, 0) is 29.2 Å². The second-order valence-electron chi connectivity index (χ2n) is 9.46. The highest BCUT2D eigenvalue weighted by Gasteiger charge is 2.39. The maximum Gasteiger partial charge on any atom is 0.500 e. The molecule has 0 saturated heterocycles. The summed E-state index contributed by atoms with van der Waals surface area (Å²) in [7, 11) is 0.289. The van der Waals surface area contributed by atoms with E-state index in [1.807, 2.05) is 32.9 Å². The Hall–Kier alpha value is -2.98. The number of esters is 2. The van der Waals surface area contributed by atoms with Crippen LogP contribution in [0.2, 0.25) is 6.04 Å². The van der Waals surface area contributed by atoms with E-state index in [0.29, 0.717) is 42.4 Å². The van der Waals surface area contributed by atoms with Crippen molar-refractivity contribution in [3.63, 3.8) is 0 Å². The first-order chi connectivity index (χ1) is 19.9. The summed E-state index contributed by atoms with van der Waals surface area (Å²) in [5.74, 6) is -0.224. The average Bonchev–Trinajstić information content (AvgIpc) is 2.98. The standard InChI is InChI=1S/C32H46O8Si/c1-6-37-41(38-7-2,39-8-3)24-14-12-10-9-11-13-15-26-16-20-28(21-17-26)32(34)40-29-22-18-27(25-30(29)35-4)19-23-31(33)36-5/h16-23,25H,6-15,24H2,1-5H3/b23-19+. The van der Waals surface area contributed by atoms with Gasteiger partial charge in [-0.15, -0.1) is 0 Å². The summed E-state index contributed by atoms with van der Waals surface area (Å²) >= 11 is 0. The Labute approximate surface area is 246 Å². The van der Waals surface area contributed by atoms with Crippen LogP contribution in [0.3, 0.4) is 0 Å². The van der Waals surface area contributed by atoms with Gasteiger partial charge < -0.3 is 27.5 Å². The first-order valence-electron chi connectivity index (χ1n) is 14.6. The van der Waals surface area contributed by atoms with Crippen LogP contribution in [0.15, 0.2) is 48.5 Å². The molecule has 0 aliphatic rings. The molecule has 0 heterocycles. The minimum atomic E-state index is -2.52. The van der Waals surface area contributed by atoms with Crippen LogP contribution in [0, 0.1) is 0 Å². The third-order valence-corrected chi connectivity index (χ3v) is 9.64. The minimum Gasteiger partial charge on any atom is -0.493 e. The van der Waals surface area contributed by atoms with Gasteiger partial charge in [0.1, 0.15) is 0 Å². The first kappa shape index (κ1) is 34.2. The lowest BCUT2D eigenvalue weighted by molar-refractivity contribution is -0.134. The number of hydrogen-bond donors (Lipinski definition) is 0. The Bertz CT molecular complexity index is 1070. The zero-order chi connectivity index (χ0) is 29.9. The van der Waals surface area contributed by atoms with Gasteiger partial charge in [-0.1, -0.05) is 43.9 Å². The highest BCUT2D eigenvalue weighted by Crippen LogP contribution is 2.29. The van der Waals surface area contributed by atoms with Crippen molar-refractivity contribution in [3.05, 3.63) is 65.2 Å². The van der Waals surface area contributed by atoms with Gasteiger partial charge in [0.2, 0.25) is 0 Å². The van der Waals surface area contributed by atoms with Crippen LogP contribution in [0.5, 0.6) is 11.5 Å². The molecule has 2 rings (SSSR count). The Balaban J connectivity index is 1.75. The third kappa shape index (κ3) is 12.2. The average molecular weight is 587 g/mol. The van der Waals surface area contributed by atoms with Gasteiger partial charge in [0, 0.05) is 31.9 Å². The molecule has 8 nitrogen and oxygen atoms in total. The zero-order valence-electron chi connectivity index (χ0n) is 25.2. The van der Waals surface area contributed by atoms with Crippen LogP contribution in [0.4, 0.5) is 0 Å². The second kappa shape index (κ2) is 19.2. The van der Waals surface area contributed by atoms with E-state index in [-0.39, 0.29) is 0 Å². The van der Waals surface area contributed by atoms with Crippen LogP contribution < -0.4 is 9.47 Å². The van der Waals surface area contributed by atoms with Crippen molar-refractivity contribution in [3.8, 4) is 11.5 Å². The number of hydrogen-bond acceptors (Lipinski definition) is 8. The number of carbonyl (C=O) groups is 2. The fourth-order valence-corrected chi connectivity index (χ4v) is 7.14. The van der Waals surface area contributed by atoms with Crippen LogP contribution >= 0.6 is 0 Å². The Morgan fingerprint density at radius 2 is 1.37 bits per heavy atom. The van der Waals surface area contributed by atoms with E-state index < -0.39 is 20.7 Å². The number of unbranched alkanes of at least 4 members (excludes halogenated alkanes) is 5. The van der Waals surface area contributed by atoms with E-state index in [2.05, 4.69) is 4.74 Å². The quantitative estimate of drug-likeness (QED) is 0.0537. The smallest absolute Gasteiger partial charge is 0.493 e. The molecule has 0 aromatic heterocycles. The van der Waals surface area contributed by atoms with E-state index in [4.69, 9.17) is 22.8 Å². The van der Waals surface area contributed by atoms with Gasteiger partial charge in [0.05, 0.1) is 19.8 Å². The molecule has 226 valence electrons. The number of benzene rings is 2. The van der Waals surface area contributed by atoms with E-state index in [0.717, 1.165) is 31.7 Å². The molecule has 0 aliphatic heterocycles. The maximum absolute atomic E-state index is 12.7. The summed E-state index contributed by atoms with van der Waals surface area (Å²) in [5.41, 5.74) is 2.38. The van der Waals surface area contributed by atoms with Crippen molar-refractivity contribution < 1.29 is 37.1 Å². The highest BCUT2D eigenvalue weighted by molar-refractivity contribution is 6.60. The molecule has 9 heteroatoms. The Morgan fingerprint density at radius 1 is 0.756 bits per heavy atom. The number of ether oxygens (including phenoxy) is 3. The van der Waals surface area contributed by atoms with Crippen LogP contribution in [0.1, 0.15) is 80.8 Å². The van der Waals surface area contributed by atoms with E-state index in [9.17, 15) is 9.59 Å². The number of rotatable bonds is 20. The molecule has 0 aliphatic carbocycles. The maximum atomic E-state index is 12.7. The molecule has 0 radical (unpaired) electrons. The second-order valence-corrected chi connectivity index (χ2v) is 12.2. The van der Waals surface area contributed by atoms with Crippen LogP contribution in [-0.4, -0.2) is 54.8 Å². The molecule has 0 fully saturated rings. The lowest BCUT2D eigenvalue weighted by Crippen LogP contribution is -2.45. The van der Waals surface area contributed by atoms with Gasteiger partial charge in [0.25, 0.3) is 0 Å². The number of methoxy groups -OCH3 is 2. The molecule has 2 aromatic rings. The number of aryl methyl sites for hydroxylation is 1. The summed E-state index contributed by atoms with van der Waals surface area (Å²) in [4.78, 5) is 24.0. The van der Waals surface area contributed by atoms with Crippen molar-refractivity contribution in [1.29, 1.82) is 0 Å². The molecular weight excluding hydrogens is 540 g/mol. The van der Waals surface area contributed by atoms with E-state index in [1.165, 1.54) is 45.1 Å². The van der Waals surface area contributed by atoms with Gasteiger partial charge in [-0.3, -0.25) is 0 Å². The lowest BCUT2D eigenvalue weighted by Gasteiger charge is -2.28. The lowest BCUT2D eigenvalue weighted by atomic mass is 10.0. The predicted molar refractivity (Wildman–Crippen MR) is 162 cm³/mol. The predicted octanol–water partition coefficient (Wildman–Crippen LogP) is 7.03. The minimum absolute atomic E-state index is 0.304. The molecule has 0 amide bonds. The van der Waals surface area contributed by atoms with E-state index >= 15 is 0 Å². The largest absolute Gasteiger partial charge is 0.500 e. The van der Waals surface area contributed by atoms with Crippen molar-refractivity contribution in [2.24, 2.45) is 0 Å². The van der Waals surface area contributed by atoms with E-state index in [1.54, 1.807) is 36.4 Å². The normalized spacial score (nSPS) is 11.5. The van der Waals surface area contributed by atoms with Crippen LogP contribution in [0.25, 0.3) is 6.08 Å². The van der Waals surface area contributed by atoms with Crippen molar-refractivity contribution in [2.45, 2.75) is 71.8 Å². The topological polar surface area (TPSA) is 89.5 Å². The fraction of sp³-hybridized carbons (Fsp3) is 0.500. The molecule has 0 atom stereocenters. The molecular formula is C32H46O8Si. The van der Waals surface area contributed by atoms with Crippen molar-refractivity contribution >= 4 is 26.8 Å². The van der Waals surface area contributed by atoms with Gasteiger partial charge in [-0.25, -0.2) is 9.59 Å². The molecule has 0 unspecified atom stereocenters. The molecule has 41 heavy (non-hydrogen) atoms. The summed E-state index contributed by atoms with van der Waals surface area (Å²) in [5, 5.41) is 0. The Kier molecular flexibility index (Phi) is 16.0. The first-order valence-corrected chi connectivity index (χ1v) is 16.5. The summed E-state index contributed by atoms with van der Waals surface area (Å²) in [6, 6.07) is 13.5. The zero-order valence-corrected chi connectivity index (χ0v) is 26.2. The summed E-state index contributed by atoms with van der Waals surface area (Å²) in [6.45, 7) is 7.84. The molecule has 0 N–H and O–H groups in total. The fourth-order valence-electron chi connectivity index (χ4n) is 4.45. The molecule has 0 bridgehead atoms. The van der Waals surface area contributed by atoms with Crippen molar-refractivity contribution in [1.82, 2.24) is 0 Å². The molecule has 0 spiro atoms. The molecule has 0 saturated carbocycles. The highest BCUT2D eigenvalue weighted by atomic mass is 28.4.